The zero-order valence-corrected chi connectivity index (χ0v) is 20.2. The number of hydrazine groups is 1. The minimum Gasteiger partial charge on any atom is -0.503 e. The third-order valence-corrected chi connectivity index (χ3v) is 9.00. The molecule has 0 atom stereocenters. The van der Waals surface area contributed by atoms with Gasteiger partial charge in [0.15, 0.2) is 15.8 Å². The van der Waals surface area contributed by atoms with Gasteiger partial charge < -0.3 is 9.84 Å². The van der Waals surface area contributed by atoms with Gasteiger partial charge in [-0.1, -0.05) is 11.8 Å². The summed E-state index contributed by atoms with van der Waals surface area (Å²) in [5.41, 5.74) is 3.19. The predicted molar refractivity (Wildman–Crippen MR) is 126 cm³/mol. The van der Waals surface area contributed by atoms with E-state index in [1.807, 2.05) is 0 Å². The molecule has 0 unspecified atom stereocenters. The van der Waals surface area contributed by atoms with Gasteiger partial charge in [-0.2, -0.15) is 5.01 Å². The van der Waals surface area contributed by atoms with Crippen LogP contribution in [0.25, 0.3) is 6.08 Å². The molecule has 4 aliphatic carbocycles. The van der Waals surface area contributed by atoms with Gasteiger partial charge in [0.2, 0.25) is 5.91 Å². The Morgan fingerprint density at radius 2 is 1.90 bits per heavy atom. The quantitative estimate of drug-likeness (QED) is 0.443. The topological polar surface area (TPSA) is 78.9 Å². The van der Waals surface area contributed by atoms with Crippen LogP contribution in [-0.2, 0) is 9.59 Å². The molecule has 9 heteroatoms. The minimum atomic E-state index is -0.350. The average molecular weight is 523 g/mol. The van der Waals surface area contributed by atoms with Crippen molar-refractivity contribution in [1.29, 1.82) is 0 Å². The number of phenolic OH excluding ortho intramolecular Hbond substituents is 1. The molecule has 1 aliphatic heterocycles. The van der Waals surface area contributed by atoms with Gasteiger partial charge in [0, 0.05) is 0 Å². The molecule has 164 valence electrons. The van der Waals surface area contributed by atoms with Gasteiger partial charge >= 0.3 is 0 Å². The summed E-state index contributed by atoms with van der Waals surface area (Å²) in [4.78, 5) is 26.8. The lowest BCUT2D eigenvalue weighted by Crippen LogP contribution is -2.57. The highest BCUT2D eigenvalue weighted by atomic mass is 79.9. The first-order valence-electron chi connectivity index (χ1n) is 10.4. The molecule has 1 heterocycles. The van der Waals surface area contributed by atoms with Crippen molar-refractivity contribution >= 4 is 62.1 Å². The van der Waals surface area contributed by atoms with Gasteiger partial charge in [0.25, 0.3) is 5.91 Å². The molecule has 1 aromatic carbocycles. The molecule has 6 rings (SSSR count). The maximum absolute atomic E-state index is 13.3. The van der Waals surface area contributed by atoms with E-state index in [-0.39, 0.29) is 23.0 Å². The molecule has 4 bridgehead atoms. The number of nitrogens with zero attached hydrogens (tertiary/aromatic N) is 1. The number of aromatic hydroxyl groups is 1. The van der Waals surface area contributed by atoms with Crippen molar-refractivity contribution in [2.75, 3.05) is 7.11 Å². The van der Waals surface area contributed by atoms with Crippen molar-refractivity contribution in [3.05, 3.63) is 27.1 Å². The highest BCUT2D eigenvalue weighted by molar-refractivity contribution is 9.10. The highest BCUT2D eigenvalue weighted by Gasteiger charge is 2.55. The standard InChI is InChI=1S/C22H23BrN2O4S2/c1-29-16-6-11(5-15(23)18(16)26)7-17-19(27)25(21(30)31-17)24-20(28)22-8-12-2-13(9-22)4-14(3-12)10-22/h5-7,12-14,26H,2-4,8-10H2,1H3,(H,24,28)/b17-7+. The van der Waals surface area contributed by atoms with Crippen LogP contribution in [0.3, 0.4) is 0 Å². The molecule has 4 saturated carbocycles. The first-order chi connectivity index (χ1) is 14.8. The molecule has 2 N–H and O–H groups in total. The number of thioether (sulfide) groups is 1. The Morgan fingerprint density at radius 1 is 1.29 bits per heavy atom. The zero-order valence-electron chi connectivity index (χ0n) is 17.0. The zero-order chi connectivity index (χ0) is 21.9. The number of nitrogens with one attached hydrogen (secondary N) is 1. The SMILES string of the molecule is COc1cc(/C=C2/SC(=S)N(NC(=O)C34CC5CC(CC(C5)C3)C4)C2=O)cc(Br)c1O. The van der Waals surface area contributed by atoms with E-state index < -0.39 is 0 Å². The predicted octanol–water partition coefficient (Wildman–Crippen LogP) is 4.61. The number of ether oxygens (including phenoxy) is 1. The van der Waals surface area contributed by atoms with Crippen molar-refractivity contribution in [3.63, 3.8) is 0 Å². The Morgan fingerprint density at radius 3 is 2.48 bits per heavy atom. The van der Waals surface area contributed by atoms with Crippen LogP contribution in [0, 0.1) is 23.2 Å². The van der Waals surface area contributed by atoms with Gasteiger partial charge in [-0.05, 0) is 108 Å². The Balaban J connectivity index is 1.35. The summed E-state index contributed by atoms with van der Waals surface area (Å²) < 4.78 is 5.96. The lowest BCUT2D eigenvalue weighted by molar-refractivity contribution is -0.152. The number of rotatable bonds is 4. The minimum absolute atomic E-state index is 0.00460. The average Bonchev–Trinajstić information content (AvgIpc) is 2.96. The van der Waals surface area contributed by atoms with E-state index in [4.69, 9.17) is 17.0 Å². The number of thiocarbonyl (C=S) groups is 1. The summed E-state index contributed by atoms with van der Waals surface area (Å²) >= 11 is 9.85. The van der Waals surface area contributed by atoms with Crippen LogP contribution in [-0.4, -0.2) is 33.4 Å². The number of phenols is 1. The van der Waals surface area contributed by atoms with E-state index in [1.165, 1.54) is 31.4 Å². The molecule has 5 aliphatic rings. The Hall–Kier alpha value is -1.58. The van der Waals surface area contributed by atoms with E-state index in [0.717, 1.165) is 31.0 Å². The van der Waals surface area contributed by atoms with Crippen molar-refractivity contribution in [2.24, 2.45) is 23.2 Å². The van der Waals surface area contributed by atoms with Gasteiger partial charge in [0.05, 0.1) is 21.9 Å². The molecule has 1 saturated heterocycles. The maximum Gasteiger partial charge on any atom is 0.285 e. The lowest BCUT2D eigenvalue weighted by atomic mass is 9.49. The summed E-state index contributed by atoms with van der Waals surface area (Å²) in [5.74, 6) is 1.83. The third-order valence-electron chi connectivity index (χ3n) is 7.10. The highest BCUT2D eigenvalue weighted by Crippen LogP contribution is 2.60. The van der Waals surface area contributed by atoms with Crippen LogP contribution in [0.4, 0.5) is 0 Å². The van der Waals surface area contributed by atoms with Crippen molar-refractivity contribution in [3.8, 4) is 11.5 Å². The third kappa shape index (κ3) is 3.68. The van der Waals surface area contributed by atoms with E-state index in [1.54, 1.807) is 18.2 Å². The van der Waals surface area contributed by atoms with Crippen molar-refractivity contribution < 1.29 is 19.4 Å². The van der Waals surface area contributed by atoms with Gasteiger partial charge in [0.1, 0.15) is 0 Å². The summed E-state index contributed by atoms with van der Waals surface area (Å²) in [7, 11) is 1.46. The Labute approximate surface area is 198 Å². The Bertz CT molecular complexity index is 990. The molecule has 0 aromatic heterocycles. The fourth-order valence-corrected chi connectivity index (χ4v) is 7.80. The fraction of sp³-hybridized carbons (Fsp3) is 0.500. The smallest absolute Gasteiger partial charge is 0.285 e. The van der Waals surface area contributed by atoms with E-state index in [0.29, 0.717) is 42.8 Å². The Kier molecular flexibility index (Phi) is 5.34. The summed E-state index contributed by atoms with van der Waals surface area (Å²) in [6.45, 7) is 0. The molecular weight excluding hydrogens is 500 g/mol. The lowest BCUT2D eigenvalue weighted by Gasteiger charge is -2.55. The van der Waals surface area contributed by atoms with Crippen LogP contribution >= 0.6 is 39.9 Å². The summed E-state index contributed by atoms with van der Waals surface area (Å²) in [6, 6.07) is 3.33. The second kappa shape index (κ2) is 7.78. The van der Waals surface area contributed by atoms with Crippen LogP contribution in [0.1, 0.15) is 44.1 Å². The fourth-order valence-electron chi connectivity index (χ4n) is 6.16. The monoisotopic (exact) mass is 522 g/mol. The molecule has 0 radical (unpaired) electrons. The van der Waals surface area contributed by atoms with Crippen molar-refractivity contribution in [2.45, 2.75) is 38.5 Å². The second-order valence-corrected chi connectivity index (χ2v) is 11.7. The number of carbonyl (C=O) groups is 2. The number of methoxy groups -OCH3 is 1. The van der Waals surface area contributed by atoms with Crippen molar-refractivity contribution in [1.82, 2.24) is 10.4 Å². The van der Waals surface area contributed by atoms with Crippen LogP contribution in [0.5, 0.6) is 11.5 Å². The van der Waals surface area contributed by atoms with Gasteiger partial charge in [-0.3, -0.25) is 15.0 Å². The van der Waals surface area contributed by atoms with Crippen LogP contribution < -0.4 is 10.2 Å². The number of amides is 2. The van der Waals surface area contributed by atoms with E-state index in [2.05, 4.69) is 21.4 Å². The maximum atomic E-state index is 13.3. The molecule has 31 heavy (non-hydrogen) atoms. The number of benzene rings is 1. The molecule has 5 fully saturated rings. The van der Waals surface area contributed by atoms with Gasteiger partial charge in [-0.15, -0.1) is 0 Å². The molecule has 2 amide bonds. The summed E-state index contributed by atoms with van der Waals surface area (Å²) in [6.07, 6.45) is 8.22. The molecule has 6 nitrogen and oxygen atoms in total. The molecule has 1 aromatic rings. The number of carbonyl (C=O) groups excluding carboxylic acids is 2. The van der Waals surface area contributed by atoms with E-state index in [9.17, 15) is 14.7 Å². The van der Waals surface area contributed by atoms with E-state index >= 15 is 0 Å². The molecule has 0 spiro atoms. The normalized spacial score (nSPS) is 32.8. The number of hydrogen-bond donors (Lipinski definition) is 2. The van der Waals surface area contributed by atoms with Crippen LogP contribution in [0.2, 0.25) is 0 Å². The van der Waals surface area contributed by atoms with Crippen LogP contribution in [0.15, 0.2) is 21.5 Å². The largest absolute Gasteiger partial charge is 0.503 e. The first-order valence-corrected chi connectivity index (χ1v) is 12.5. The summed E-state index contributed by atoms with van der Waals surface area (Å²) in [5, 5.41) is 11.2. The number of halogens is 1. The number of hydrogen-bond acceptors (Lipinski definition) is 6. The second-order valence-electron chi connectivity index (χ2n) is 9.21. The van der Waals surface area contributed by atoms with Gasteiger partial charge in [-0.25, -0.2) is 0 Å². The molecular formula is C22H23BrN2O4S2. The first kappa shape index (κ1) is 21.3.